The number of carbonyl (C=O) groups excluding carboxylic acids is 1. The summed E-state index contributed by atoms with van der Waals surface area (Å²) < 4.78 is 0. The van der Waals surface area contributed by atoms with Crippen molar-refractivity contribution >= 4 is 27.3 Å². The van der Waals surface area contributed by atoms with Crippen molar-refractivity contribution < 1.29 is 4.79 Å². The number of fused-ring (bicyclic) bond motifs is 2. The summed E-state index contributed by atoms with van der Waals surface area (Å²) in [7, 11) is 0. The lowest BCUT2D eigenvalue weighted by molar-refractivity contribution is 0.103. The monoisotopic (exact) mass is 500 g/mol. The maximum atomic E-state index is 13.0. The van der Waals surface area contributed by atoms with Gasteiger partial charge in [-0.05, 0) is 27.6 Å². The van der Waals surface area contributed by atoms with E-state index in [1.807, 2.05) is 72.8 Å². The Balaban J connectivity index is 1.41. The Hall–Kier alpha value is -5.28. The van der Waals surface area contributed by atoms with Crippen LogP contribution in [-0.4, -0.2) is 15.8 Å². The third-order valence-corrected chi connectivity index (χ3v) is 7.23. The molecule has 0 aliphatic carbocycles. The van der Waals surface area contributed by atoms with Gasteiger partial charge in [-0.1, -0.05) is 133 Å². The van der Waals surface area contributed by atoms with Crippen LogP contribution in [0.4, 0.5) is 0 Å². The average molecular weight is 501 g/mol. The second kappa shape index (κ2) is 9.55. The molecule has 0 amide bonds. The highest BCUT2D eigenvalue weighted by atomic mass is 16.1. The van der Waals surface area contributed by atoms with Crippen LogP contribution in [-0.2, 0) is 0 Å². The van der Waals surface area contributed by atoms with Crippen molar-refractivity contribution in [2.24, 2.45) is 0 Å². The molecular formula is C36H24N2O. The molecule has 6 aromatic carbocycles. The number of ketones is 1. The fourth-order valence-electron chi connectivity index (χ4n) is 5.32. The summed E-state index contributed by atoms with van der Waals surface area (Å²) in [6.45, 7) is 0. The van der Waals surface area contributed by atoms with Crippen LogP contribution < -0.4 is 0 Å². The molecular weight excluding hydrogens is 476 g/mol. The molecule has 3 nitrogen and oxygen atoms in total. The summed E-state index contributed by atoms with van der Waals surface area (Å²) in [4.78, 5) is 21.9. The number of nitrogens with zero attached hydrogens (tertiary/aromatic N) is 1. The van der Waals surface area contributed by atoms with E-state index in [9.17, 15) is 4.79 Å². The minimum atomic E-state index is 0.00961. The first-order chi connectivity index (χ1) is 19.3. The minimum Gasteiger partial charge on any atom is -0.337 e. The summed E-state index contributed by atoms with van der Waals surface area (Å²) in [5.41, 5.74) is 6.23. The molecule has 0 unspecified atom stereocenters. The topological polar surface area (TPSA) is 45.8 Å². The average Bonchev–Trinajstić information content (AvgIpc) is 3.45. The number of benzene rings is 6. The fraction of sp³-hybridized carbons (Fsp3) is 0. The normalized spacial score (nSPS) is 11.2. The van der Waals surface area contributed by atoms with Gasteiger partial charge in [-0.15, -0.1) is 0 Å². The molecule has 1 N–H and O–H groups in total. The first-order valence-corrected chi connectivity index (χ1v) is 13.0. The van der Waals surface area contributed by atoms with E-state index < -0.39 is 0 Å². The first kappa shape index (κ1) is 22.9. The second-order valence-corrected chi connectivity index (χ2v) is 9.64. The largest absolute Gasteiger partial charge is 0.337 e. The molecule has 184 valence electrons. The number of nitrogens with one attached hydrogen (secondary N) is 1. The molecule has 3 heteroatoms. The predicted molar refractivity (Wildman–Crippen MR) is 160 cm³/mol. The lowest BCUT2D eigenvalue weighted by Crippen LogP contribution is -2.00. The Bertz CT molecular complexity index is 1900. The van der Waals surface area contributed by atoms with Crippen LogP contribution in [0.25, 0.3) is 55.4 Å². The van der Waals surface area contributed by atoms with Gasteiger partial charge in [0.05, 0.1) is 11.4 Å². The maximum Gasteiger partial charge on any atom is 0.193 e. The van der Waals surface area contributed by atoms with E-state index in [0.717, 1.165) is 44.7 Å². The summed E-state index contributed by atoms with van der Waals surface area (Å²) in [5.74, 6) is 0.830. The van der Waals surface area contributed by atoms with E-state index >= 15 is 0 Å². The molecule has 0 aliphatic heterocycles. The smallest absolute Gasteiger partial charge is 0.193 e. The van der Waals surface area contributed by atoms with Gasteiger partial charge in [-0.25, -0.2) is 4.98 Å². The minimum absolute atomic E-state index is 0.00961. The van der Waals surface area contributed by atoms with E-state index in [2.05, 4.69) is 71.7 Å². The molecule has 0 fully saturated rings. The highest BCUT2D eigenvalue weighted by Gasteiger charge is 2.19. The number of rotatable bonds is 5. The van der Waals surface area contributed by atoms with E-state index in [1.54, 1.807) is 0 Å². The van der Waals surface area contributed by atoms with Crippen molar-refractivity contribution in [1.82, 2.24) is 9.97 Å². The van der Waals surface area contributed by atoms with Crippen molar-refractivity contribution in [2.75, 3.05) is 0 Å². The van der Waals surface area contributed by atoms with Crippen molar-refractivity contribution in [3.05, 3.63) is 151 Å². The van der Waals surface area contributed by atoms with Gasteiger partial charge >= 0.3 is 0 Å². The summed E-state index contributed by atoms with van der Waals surface area (Å²) in [6.07, 6.45) is 0. The first-order valence-electron chi connectivity index (χ1n) is 13.0. The zero-order chi connectivity index (χ0) is 26.2. The quantitative estimate of drug-likeness (QED) is 0.189. The Morgan fingerprint density at radius 1 is 0.538 bits per heavy atom. The van der Waals surface area contributed by atoms with Gasteiger partial charge in [-0.3, -0.25) is 4.79 Å². The molecule has 39 heavy (non-hydrogen) atoms. The SMILES string of the molecule is O=C(c1ccccc1)c1ccc(-c2nc(-c3c4ccccc4cc4ccccc34)[nH]c2-c2ccccc2)cc1. The third kappa shape index (κ3) is 4.11. The van der Waals surface area contributed by atoms with Gasteiger partial charge < -0.3 is 4.98 Å². The summed E-state index contributed by atoms with van der Waals surface area (Å²) in [6, 6.07) is 46.6. The zero-order valence-electron chi connectivity index (χ0n) is 21.1. The number of aromatic amines is 1. The van der Waals surface area contributed by atoms with Gasteiger partial charge in [0.25, 0.3) is 0 Å². The van der Waals surface area contributed by atoms with E-state index in [0.29, 0.717) is 11.1 Å². The summed E-state index contributed by atoms with van der Waals surface area (Å²) in [5, 5.41) is 4.66. The van der Waals surface area contributed by atoms with Crippen molar-refractivity contribution in [2.45, 2.75) is 0 Å². The summed E-state index contributed by atoms with van der Waals surface area (Å²) >= 11 is 0. The van der Waals surface area contributed by atoms with Crippen molar-refractivity contribution in [3.8, 4) is 33.9 Å². The standard InChI is InChI=1S/C36H24N2O/c39-35(26-13-5-2-6-14-26)27-21-19-25(20-22-27)34-33(24-11-3-1-4-12-24)37-36(38-34)32-30-17-9-7-15-28(30)23-29-16-8-10-18-31(29)32/h1-23H,(H,37,38). The molecule has 0 spiro atoms. The Labute approximate surface area is 226 Å². The number of H-pyrrole nitrogens is 1. The number of aromatic nitrogens is 2. The van der Waals surface area contributed by atoms with Crippen LogP contribution in [0.5, 0.6) is 0 Å². The number of hydrogen-bond acceptors (Lipinski definition) is 2. The highest BCUT2D eigenvalue weighted by Crippen LogP contribution is 2.39. The number of hydrogen-bond donors (Lipinski definition) is 1. The molecule has 7 rings (SSSR count). The van der Waals surface area contributed by atoms with E-state index in [4.69, 9.17) is 4.98 Å². The highest BCUT2D eigenvalue weighted by molar-refractivity contribution is 6.12. The molecule has 0 saturated carbocycles. The van der Waals surface area contributed by atoms with Crippen LogP contribution >= 0.6 is 0 Å². The lowest BCUT2D eigenvalue weighted by Gasteiger charge is -2.09. The van der Waals surface area contributed by atoms with Crippen LogP contribution in [0, 0.1) is 0 Å². The fourth-order valence-corrected chi connectivity index (χ4v) is 5.32. The predicted octanol–water partition coefficient (Wildman–Crippen LogP) is 8.95. The lowest BCUT2D eigenvalue weighted by atomic mass is 9.96. The van der Waals surface area contributed by atoms with Crippen LogP contribution in [0.15, 0.2) is 140 Å². The number of imidazole rings is 1. The van der Waals surface area contributed by atoms with Crippen molar-refractivity contribution in [1.29, 1.82) is 0 Å². The van der Waals surface area contributed by atoms with E-state index in [-0.39, 0.29) is 5.78 Å². The third-order valence-electron chi connectivity index (χ3n) is 7.23. The Kier molecular flexibility index (Phi) is 5.60. The molecule has 0 aliphatic rings. The van der Waals surface area contributed by atoms with Gasteiger partial charge in [-0.2, -0.15) is 0 Å². The zero-order valence-corrected chi connectivity index (χ0v) is 21.1. The molecule has 0 radical (unpaired) electrons. The second-order valence-electron chi connectivity index (χ2n) is 9.64. The maximum absolute atomic E-state index is 13.0. The molecule has 7 aromatic rings. The van der Waals surface area contributed by atoms with Crippen LogP contribution in [0.2, 0.25) is 0 Å². The number of carbonyl (C=O) groups is 1. The molecule has 0 saturated heterocycles. The van der Waals surface area contributed by atoms with Gasteiger partial charge in [0.2, 0.25) is 0 Å². The van der Waals surface area contributed by atoms with Crippen LogP contribution in [0.3, 0.4) is 0 Å². The van der Waals surface area contributed by atoms with E-state index in [1.165, 1.54) is 10.8 Å². The van der Waals surface area contributed by atoms with Crippen molar-refractivity contribution in [3.63, 3.8) is 0 Å². The Morgan fingerprint density at radius 2 is 1.08 bits per heavy atom. The molecule has 0 atom stereocenters. The van der Waals surface area contributed by atoms with Gasteiger partial charge in [0, 0.05) is 27.8 Å². The van der Waals surface area contributed by atoms with Gasteiger partial charge in [0.15, 0.2) is 5.78 Å². The Morgan fingerprint density at radius 3 is 1.72 bits per heavy atom. The molecule has 1 aromatic heterocycles. The van der Waals surface area contributed by atoms with Gasteiger partial charge in [0.1, 0.15) is 5.82 Å². The van der Waals surface area contributed by atoms with Crippen LogP contribution in [0.1, 0.15) is 15.9 Å². The molecule has 1 heterocycles. The molecule has 0 bridgehead atoms.